The summed E-state index contributed by atoms with van der Waals surface area (Å²) in [4.78, 5) is 14.3. The topological polar surface area (TPSA) is 77.9 Å². The molecule has 136 valence electrons. The molecular formula is C18H24N2O4S. The van der Waals surface area contributed by atoms with Crippen LogP contribution in [0.25, 0.3) is 0 Å². The van der Waals surface area contributed by atoms with Crippen LogP contribution in [-0.2, 0) is 10.0 Å². The molecule has 0 radical (unpaired) electrons. The second-order valence-electron chi connectivity index (χ2n) is 6.48. The summed E-state index contributed by atoms with van der Waals surface area (Å²) in [5, 5.41) is 9.67. The van der Waals surface area contributed by atoms with Gasteiger partial charge in [-0.3, -0.25) is 4.79 Å². The van der Waals surface area contributed by atoms with E-state index in [-0.39, 0.29) is 11.7 Å². The molecule has 6 nitrogen and oxygen atoms in total. The molecule has 1 aromatic rings. The molecule has 1 N–H and O–H groups in total. The third kappa shape index (κ3) is 5.30. The first-order valence-corrected chi connectivity index (χ1v) is 9.86. The van der Waals surface area contributed by atoms with E-state index < -0.39 is 15.6 Å². The van der Waals surface area contributed by atoms with E-state index in [2.05, 4.69) is 11.8 Å². The highest BCUT2D eigenvalue weighted by molar-refractivity contribution is 7.89. The lowest BCUT2D eigenvalue weighted by molar-refractivity contribution is 0.0698. The summed E-state index contributed by atoms with van der Waals surface area (Å²) >= 11 is 0. The molecule has 0 saturated carbocycles. The second-order valence-corrected chi connectivity index (χ2v) is 8.74. The number of carbonyl (C=O) groups is 1. The fourth-order valence-electron chi connectivity index (χ4n) is 2.49. The van der Waals surface area contributed by atoms with Crippen molar-refractivity contribution in [2.45, 2.75) is 26.4 Å². The van der Waals surface area contributed by atoms with Gasteiger partial charge in [0.15, 0.2) is 0 Å². The molecule has 1 aliphatic heterocycles. The maximum absolute atomic E-state index is 12.6. The van der Waals surface area contributed by atoms with Crippen molar-refractivity contribution < 1.29 is 18.3 Å². The Hall–Kier alpha value is -1.88. The number of hydrogen-bond acceptors (Lipinski definition) is 4. The predicted molar refractivity (Wildman–Crippen MR) is 96.6 cm³/mol. The Balaban J connectivity index is 2.08. The Morgan fingerprint density at radius 1 is 1.24 bits per heavy atom. The van der Waals surface area contributed by atoms with Gasteiger partial charge in [-0.15, -0.1) is 0 Å². The molecule has 0 spiro atoms. The molecule has 7 heteroatoms. The van der Waals surface area contributed by atoms with Gasteiger partial charge >= 0.3 is 0 Å². The lowest BCUT2D eigenvalue weighted by Gasteiger charge is -2.33. The molecule has 1 saturated heterocycles. The zero-order valence-electron chi connectivity index (χ0n) is 14.8. The highest BCUT2D eigenvalue weighted by Crippen LogP contribution is 2.13. The molecule has 25 heavy (non-hydrogen) atoms. The number of hydrogen-bond donors (Lipinski definition) is 1. The van der Waals surface area contributed by atoms with Crippen LogP contribution >= 0.6 is 0 Å². The summed E-state index contributed by atoms with van der Waals surface area (Å²) < 4.78 is 25.2. The molecule has 0 aromatic heterocycles. The molecule has 0 atom stereocenters. The van der Waals surface area contributed by atoms with Crippen molar-refractivity contribution in [2.24, 2.45) is 0 Å². The molecule has 1 aliphatic rings. The normalized spacial score (nSPS) is 16.2. The van der Waals surface area contributed by atoms with E-state index >= 15 is 0 Å². The van der Waals surface area contributed by atoms with E-state index in [4.69, 9.17) is 0 Å². The maximum atomic E-state index is 12.6. The largest absolute Gasteiger partial charge is 0.378 e. The Morgan fingerprint density at radius 3 is 2.44 bits per heavy atom. The van der Waals surface area contributed by atoms with Crippen LogP contribution in [0.3, 0.4) is 0 Å². The summed E-state index contributed by atoms with van der Waals surface area (Å²) in [6.45, 7) is 6.19. The zero-order valence-corrected chi connectivity index (χ0v) is 15.6. The van der Waals surface area contributed by atoms with E-state index in [1.54, 1.807) is 49.9 Å². The lowest BCUT2D eigenvalue weighted by Crippen LogP contribution is -2.50. The van der Waals surface area contributed by atoms with Gasteiger partial charge in [0.25, 0.3) is 5.91 Å². The monoisotopic (exact) mass is 364 g/mol. The Morgan fingerprint density at radius 2 is 1.88 bits per heavy atom. The molecule has 2 rings (SSSR count). The van der Waals surface area contributed by atoms with Crippen molar-refractivity contribution in [1.82, 2.24) is 9.21 Å². The first-order valence-electron chi connectivity index (χ1n) is 8.25. The molecule has 0 bridgehead atoms. The van der Waals surface area contributed by atoms with Crippen molar-refractivity contribution in [2.75, 3.05) is 31.9 Å². The van der Waals surface area contributed by atoms with Crippen LogP contribution in [0.2, 0.25) is 0 Å². The summed E-state index contributed by atoms with van der Waals surface area (Å²) in [6, 6.07) is 6.93. The first kappa shape index (κ1) is 19.4. The number of benzene rings is 1. The van der Waals surface area contributed by atoms with Gasteiger partial charge in [-0.05, 0) is 39.0 Å². The highest BCUT2D eigenvalue weighted by atomic mass is 32.2. The fraction of sp³-hybridized carbons (Fsp3) is 0.500. The van der Waals surface area contributed by atoms with E-state index in [9.17, 15) is 18.3 Å². The number of sulfonamides is 1. The van der Waals surface area contributed by atoms with E-state index in [0.717, 1.165) is 0 Å². The molecular weight excluding hydrogens is 340 g/mol. The lowest BCUT2D eigenvalue weighted by atomic mass is 10.1. The summed E-state index contributed by atoms with van der Waals surface area (Å²) in [6.07, 6.45) is 0. The maximum Gasteiger partial charge on any atom is 0.253 e. The number of piperazine rings is 1. The minimum Gasteiger partial charge on any atom is -0.378 e. The average molecular weight is 364 g/mol. The summed E-state index contributed by atoms with van der Waals surface area (Å²) in [5.41, 5.74) is 0.0655. The van der Waals surface area contributed by atoms with Crippen LogP contribution < -0.4 is 0 Å². The summed E-state index contributed by atoms with van der Waals surface area (Å²) in [7, 11) is -3.21. The third-order valence-corrected chi connectivity index (χ3v) is 5.79. The quantitative estimate of drug-likeness (QED) is 0.809. The van der Waals surface area contributed by atoms with Gasteiger partial charge in [-0.1, -0.05) is 17.9 Å². The Bertz CT molecular complexity index is 792. The van der Waals surface area contributed by atoms with Gasteiger partial charge in [0.05, 0.1) is 5.75 Å². The minimum atomic E-state index is -3.21. The minimum absolute atomic E-state index is 0.0723. The van der Waals surface area contributed by atoms with Crippen LogP contribution in [-0.4, -0.2) is 66.2 Å². The van der Waals surface area contributed by atoms with Crippen LogP contribution in [0.15, 0.2) is 24.3 Å². The van der Waals surface area contributed by atoms with E-state index in [0.29, 0.717) is 37.3 Å². The van der Waals surface area contributed by atoms with Crippen LogP contribution in [0, 0.1) is 11.8 Å². The Kier molecular flexibility index (Phi) is 5.88. The number of rotatable bonds is 3. The second kappa shape index (κ2) is 7.56. The fourth-order valence-corrected chi connectivity index (χ4v) is 3.57. The van der Waals surface area contributed by atoms with Gasteiger partial charge in [0.2, 0.25) is 10.0 Å². The van der Waals surface area contributed by atoms with Crippen molar-refractivity contribution in [3.8, 4) is 11.8 Å². The highest BCUT2D eigenvalue weighted by Gasteiger charge is 2.28. The number of nitrogens with zero attached hydrogens (tertiary/aromatic N) is 2. The van der Waals surface area contributed by atoms with Crippen LogP contribution in [0.5, 0.6) is 0 Å². The molecule has 1 fully saturated rings. The van der Waals surface area contributed by atoms with Gasteiger partial charge < -0.3 is 10.0 Å². The number of aliphatic hydroxyl groups is 1. The van der Waals surface area contributed by atoms with Gasteiger partial charge in [-0.2, -0.15) is 4.31 Å². The average Bonchev–Trinajstić information content (AvgIpc) is 2.59. The molecule has 1 heterocycles. The van der Waals surface area contributed by atoms with E-state index in [1.807, 2.05) is 0 Å². The Labute approximate surface area is 149 Å². The van der Waals surface area contributed by atoms with Crippen molar-refractivity contribution in [3.05, 3.63) is 35.4 Å². The van der Waals surface area contributed by atoms with Crippen LogP contribution in [0.1, 0.15) is 36.7 Å². The zero-order chi connectivity index (χ0) is 18.7. The molecule has 1 aromatic carbocycles. The van der Waals surface area contributed by atoms with Crippen molar-refractivity contribution >= 4 is 15.9 Å². The first-order chi connectivity index (χ1) is 11.6. The summed E-state index contributed by atoms with van der Waals surface area (Å²) in [5.74, 6) is 5.51. The van der Waals surface area contributed by atoms with E-state index in [1.165, 1.54) is 4.31 Å². The molecule has 0 aliphatic carbocycles. The SMILES string of the molecule is CCS(=O)(=O)N1CCN(C(=O)c2cccc(C#CC(C)(C)O)c2)CC1. The standard InChI is InChI=1S/C18H24N2O4S/c1-4-25(23,24)20-12-10-19(11-13-20)17(21)16-7-5-6-15(14-16)8-9-18(2,3)22/h5-7,14,22H,4,10-13H2,1-3H3. The number of amides is 1. The predicted octanol–water partition coefficient (Wildman–Crippen LogP) is 0.916. The van der Waals surface area contributed by atoms with Crippen LogP contribution in [0.4, 0.5) is 0 Å². The van der Waals surface area contributed by atoms with Crippen molar-refractivity contribution in [3.63, 3.8) is 0 Å². The smallest absolute Gasteiger partial charge is 0.253 e. The van der Waals surface area contributed by atoms with Crippen molar-refractivity contribution in [1.29, 1.82) is 0 Å². The molecule has 0 unspecified atom stereocenters. The number of carbonyl (C=O) groups excluding carboxylic acids is 1. The van der Waals surface area contributed by atoms with Gasteiger partial charge in [0.1, 0.15) is 5.60 Å². The third-order valence-electron chi connectivity index (χ3n) is 3.91. The van der Waals surface area contributed by atoms with Gasteiger partial charge in [0, 0.05) is 37.3 Å². The van der Waals surface area contributed by atoms with Gasteiger partial charge in [-0.25, -0.2) is 8.42 Å². The molecule has 1 amide bonds.